The predicted molar refractivity (Wildman–Crippen MR) is 74.2 cm³/mol. The zero-order chi connectivity index (χ0) is 10.7. The van der Waals surface area contributed by atoms with Gasteiger partial charge in [0.05, 0.1) is 0 Å². The lowest BCUT2D eigenvalue weighted by Gasteiger charge is -2.32. The van der Waals surface area contributed by atoms with Crippen LogP contribution >= 0.6 is 34.9 Å². The smallest absolute Gasteiger partial charge is 0.0318 e. The van der Waals surface area contributed by atoms with Gasteiger partial charge in [0.15, 0.2) is 0 Å². The molecule has 4 heteroatoms. The van der Waals surface area contributed by atoms with E-state index in [-0.39, 0.29) is 0 Å². The molecule has 1 saturated heterocycles. The fraction of sp³-hybridized carbons (Fsp3) is 0.636. The van der Waals surface area contributed by atoms with E-state index in [1.807, 2.05) is 11.3 Å². The zero-order valence-electron chi connectivity index (χ0n) is 8.89. The molecule has 3 atom stereocenters. The molecule has 2 rings (SSSR count). The maximum atomic E-state index is 6.30. The van der Waals surface area contributed by atoms with Crippen LogP contribution in [0.3, 0.4) is 0 Å². The lowest BCUT2D eigenvalue weighted by molar-refractivity contribution is 0.626. The fourth-order valence-electron chi connectivity index (χ4n) is 1.90. The van der Waals surface area contributed by atoms with Gasteiger partial charge < -0.3 is 5.73 Å². The molecule has 0 spiro atoms. The largest absolute Gasteiger partial charge is 0.326 e. The number of thiophene rings is 1. The molecule has 2 heterocycles. The summed E-state index contributed by atoms with van der Waals surface area (Å²) in [7, 11) is 0. The first-order valence-electron chi connectivity index (χ1n) is 5.28. The van der Waals surface area contributed by atoms with Crippen LogP contribution in [0.15, 0.2) is 17.5 Å². The van der Waals surface area contributed by atoms with Gasteiger partial charge in [0, 0.05) is 32.9 Å². The van der Waals surface area contributed by atoms with Crippen molar-refractivity contribution in [3.05, 3.63) is 22.4 Å². The number of nitrogens with two attached hydrogens (primary N) is 1. The van der Waals surface area contributed by atoms with Gasteiger partial charge in [-0.2, -0.15) is 23.5 Å². The highest BCUT2D eigenvalue weighted by atomic mass is 32.2. The second kappa shape index (κ2) is 5.62. The van der Waals surface area contributed by atoms with Crippen LogP contribution in [-0.4, -0.2) is 28.0 Å². The lowest BCUT2D eigenvalue weighted by Crippen LogP contribution is -2.41. The third-order valence-electron chi connectivity index (χ3n) is 2.68. The first-order valence-corrected chi connectivity index (χ1v) is 8.26. The molecule has 1 aliphatic rings. The first-order chi connectivity index (χ1) is 7.27. The molecule has 0 aliphatic carbocycles. The summed E-state index contributed by atoms with van der Waals surface area (Å²) in [5.74, 6) is 2.55. The number of hydrogen-bond acceptors (Lipinski definition) is 4. The molecule has 15 heavy (non-hydrogen) atoms. The van der Waals surface area contributed by atoms with Crippen molar-refractivity contribution in [2.75, 3.05) is 11.5 Å². The number of hydrogen-bond donors (Lipinski definition) is 1. The van der Waals surface area contributed by atoms with Crippen LogP contribution in [0.25, 0.3) is 0 Å². The summed E-state index contributed by atoms with van der Waals surface area (Å²) in [6, 6.07) is 4.62. The Labute approximate surface area is 104 Å². The summed E-state index contributed by atoms with van der Waals surface area (Å²) in [6.45, 7) is 2.32. The highest BCUT2D eigenvalue weighted by molar-refractivity contribution is 8.07. The van der Waals surface area contributed by atoms with E-state index in [9.17, 15) is 0 Å². The van der Waals surface area contributed by atoms with Gasteiger partial charge >= 0.3 is 0 Å². The Balaban J connectivity index is 1.91. The van der Waals surface area contributed by atoms with Crippen LogP contribution < -0.4 is 5.73 Å². The van der Waals surface area contributed by atoms with E-state index in [4.69, 9.17) is 5.73 Å². The van der Waals surface area contributed by atoms with Gasteiger partial charge in [-0.05, 0) is 17.9 Å². The van der Waals surface area contributed by atoms with E-state index >= 15 is 0 Å². The Bertz CT molecular complexity index is 286. The minimum absolute atomic E-state index is 0.316. The minimum atomic E-state index is 0.316. The lowest BCUT2D eigenvalue weighted by atomic mass is 10.1. The summed E-state index contributed by atoms with van der Waals surface area (Å²) in [5.41, 5.74) is 6.30. The maximum Gasteiger partial charge on any atom is 0.0318 e. The van der Waals surface area contributed by atoms with E-state index in [0.29, 0.717) is 16.5 Å². The number of rotatable bonds is 3. The summed E-state index contributed by atoms with van der Waals surface area (Å²) < 4.78 is 0. The van der Waals surface area contributed by atoms with Gasteiger partial charge in [-0.1, -0.05) is 13.0 Å². The molecule has 0 amide bonds. The van der Waals surface area contributed by atoms with Crippen LogP contribution in [0, 0.1) is 0 Å². The highest BCUT2D eigenvalue weighted by Gasteiger charge is 2.28. The molecule has 0 saturated carbocycles. The molecule has 1 nitrogen and oxygen atoms in total. The molecule has 0 radical (unpaired) electrons. The topological polar surface area (TPSA) is 26.0 Å². The van der Waals surface area contributed by atoms with E-state index in [1.54, 1.807) is 0 Å². The van der Waals surface area contributed by atoms with Crippen LogP contribution in [0.5, 0.6) is 0 Å². The van der Waals surface area contributed by atoms with Gasteiger partial charge in [-0.15, -0.1) is 11.3 Å². The van der Waals surface area contributed by atoms with E-state index in [0.717, 1.165) is 6.42 Å². The molecular weight excluding hydrogens is 242 g/mol. The van der Waals surface area contributed by atoms with Crippen molar-refractivity contribution in [3.8, 4) is 0 Å². The van der Waals surface area contributed by atoms with Gasteiger partial charge in [-0.25, -0.2) is 0 Å². The Kier molecular flexibility index (Phi) is 4.43. The molecule has 0 bridgehead atoms. The normalized spacial score (nSPS) is 28.9. The van der Waals surface area contributed by atoms with Crippen LogP contribution in [0.4, 0.5) is 0 Å². The molecule has 1 fully saturated rings. The molecule has 84 valence electrons. The van der Waals surface area contributed by atoms with Crippen molar-refractivity contribution in [1.29, 1.82) is 0 Å². The van der Waals surface area contributed by atoms with Gasteiger partial charge in [0.2, 0.25) is 0 Å². The average molecular weight is 259 g/mol. The summed E-state index contributed by atoms with van der Waals surface area (Å²) >= 11 is 5.95. The zero-order valence-corrected chi connectivity index (χ0v) is 11.3. The van der Waals surface area contributed by atoms with E-state index < -0.39 is 0 Å². The monoisotopic (exact) mass is 259 g/mol. The molecule has 2 N–H and O–H groups in total. The van der Waals surface area contributed by atoms with Crippen LogP contribution in [0.2, 0.25) is 0 Å². The minimum Gasteiger partial charge on any atom is -0.326 e. The molecule has 1 aliphatic heterocycles. The third kappa shape index (κ3) is 3.16. The van der Waals surface area contributed by atoms with E-state index in [2.05, 4.69) is 48.0 Å². The molecule has 3 unspecified atom stereocenters. The van der Waals surface area contributed by atoms with Gasteiger partial charge in [-0.3, -0.25) is 0 Å². The Morgan fingerprint density at radius 1 is 1.47 bits per heavy atom. The fourth-order valence-corrected chi connectivity index (χ4v) is 5.57. The van der Waals surface area contributed by atoms with E-state index in [1.165, 1.54) is 16.4 Å². The third-order valence-corrected chi connectivity index (χ3v) is 6.85. The summed E-state index contributed by atoms with van der Waals surface area (Å²) in [6.07, 6.45) is 1.04. The number of thioether (sulfide) groups is 2. The quantitative estimate of drug-likeness (QED) is 0.904. The van der Waals surface area contributed by atoms with Gasteiger partial charge in [0.1, 0.15) is 0 Å². The summed E-state index contributed by atoms with van der Waals surface area (Å²) in [4.78, 5) is 1.42. The van der Waals surface area contributed by atoms with Crippen molar-refractivity contribution in [1.82, 2.24) is 0 Å². The Morgan fingerprint density at radius 3 is 2.93 bits per heavy atom. The van der Waals surface area contributed by atoms with Crippen molar-refractivity contribution in [3.63, 3.8) is 0 Å². The van der Waals surface area contributed by atoms with Gasteiger partial charge in [0.25, 0.3) is 0 Å². The van der Waals surface area contributed by atoms with Crippen molar-refractivity contribution < 1.29 is 0 Å². The highest BCUT2D eigenvalue weighted by Crippen LogP contribution is 2.33. The second-order valence-electron chi connectivity index (χ2n) is 3.86. The SMILES string of the molecule is CC1SCCSC1C(N)Cc1cccs1. The Morgan fingerprint density at radius 2 is 2.27 bits per heavy atom. The summed E-state index contributed by atoms with van der Waals surface area (Å²) in [5, 5.41) is 3.47. The second-order valence-corrected chi connectivity index (χ2v) is 7.66. The predicted octanol–water partition coefficient (Wildman–Crippen LogP) is 2.86. The maximum absolute atomic E-state index is 6.30. The average Bonchev–Trinajstić information content (AvgIpc) is 2.71. The molecular formula is C11H17NS3. The van der Waals surface area contributed by atoms with Crippen molar-refractivity contribution in [2.45, 2.75) is 29.9 Å². The van der Waals surface area contributed by atoms with Crippen LogP contribution in [-0.2, 0) is 6.42 Å². The van der Waals surface area contributed by atoms with Crippen molar-refractivity contribution >= 4 is 34.9 Å². The first kappa shape index (κ1) is 11.8. The molecule has 1 aromatic rings. The standard InChI is InChI=1S/C11H17NS3/c1-8-11(15-6-5-13-8)10(12)7-9-3-2-4-14-9/h2-4,8,10-11H,5-7,12H2,1H3. The molecule has 1 aromatic heterocycles. The molecule has 0 aromatic carbocycles. The Hall–Kier alpha value is 0.360. The van der Waals surface area contributed by atoms with Crippen LogP contribution in [0.1, 0.15) is 11.8 Å². The van der Waals surface area contributed by atoms with Crippen molar-refractivity contribution in [2.24, 2.45) is 5.73 Å².